The molecular formula is C28H19F4N3O. The van der Waals surface area contributed by atoms with Gasteiger partial charge in [0.15, 0.2) is 5.78 Å². The average molecular weight is 489 g/mol. The van der Waals surface area contributed by atoms with Gasteiger partial charge in [0.05, 0.1) is 22.6 Å². The second kappa shape index (κ2) is 9.45. The summed E-state index contributed by atoms with van der Waals surface area (Å²) >= 11 is 0. The van der Waals surface area contributed by atoms with Crippen LogP contribution < -0.4 is 0 Å². The fourth-order valence-electron chi connectivity index (χ4n) is 4.34. The number of halogens is 4. The largest absolute Gasteiger partial charge is 0.416 e. The first-order valence-electron chi connectivity index (χ1n) is 11.2. The molecule has 0 saturated carbocycles. The van der Waals surface area contributed by atoms with E-state index in [0.717, 1.165) is 41.1 Å². The molecule has 1 aliphatic rings. The first kappa shape index (κ1) is 23.5. The van der Waals surface area contributed by atoms with Gasteiger partial charge in [-0.3, -0.25) is 9.78 Å². The van der Waals surface area contributed by atoms with Crippen molar-refractivity contribution in [2.24, 2.45) is 0 Å². The minimum Gasteiger partial charge on any atom is -0.294 e. The third-order valence-electron chi connectivity index (χ3n) is 5.97. The maximum absolute atomic E-state index is 14.5. The maximum Gasteiger partial charge on any atom is 0.416 e. The monoisotopic (exact) mass is 489 g/mol. The summed E-state index contributed by atoms with van der Waals surface area (Å²) in [4.78, 5) is 26.0. The fraction of sp³-hybridized carbons (Fsp3) is 0.143. The Morgan fingerprint density at radius 3 is 2.61 bits per heavy atom. The topological polar surface area (TPSA) is 55.7 Å². The molecule has 2 aromatic heterocycles. The molecule has 0 spiro atoms. The number of Topliss-reactive ketones (excluding diaryl/α,β-unsaturated/α-hetero) is 1. The highest BCUT2D eigenvalue weighted by atomic mass is 19.4. The molecular weight excluding hydrogens is 470 g/mol. The fourth-order valence-corrected chi connectivity index (χ4v) is 4.34. The normalized spacial score (nSPS) is 12.6. The number of nitrogens with zero attached hydrogens (tertiary/aromatic N) is 3. The Kier molecular flexibility index (Phi) is 6.18. The van der Waals surface area contributed by atoms with E-state index in [-0.39, 0.29) is 18.4 Å². The quantitative estimate of drug-likeness (QED) is 0.236. The molecule has 4 aromatic rings. The van der Waals surface area contributed by atoms with E-state index in [1.54, 1.807) is 18.3 Å². The standard InChI is InChI=1S/C28H19F4N3O/c29-21-11-17(10-18(12-21)14-26(36)19-4-1-5-20(15-19)28(30,31)32)13-25-23(7-3-9-33-25)27-22-6-2-8-24(22)34-16-35-27/h1-7,9-12,15-16H,8,13-14H2. The molecule has 0 bridgehead atoms. The molecule has 0 atom stereocenters. The molecule has 0 N–H and O–H groups in total. The number of pyridine rings is 1. The number of rotatable bonds is 6. The van der Waals surface area contributed by atoms with Gasteiger partial charge in [-0.1, -0.05) is 30.4 Å². The van der Waals surface area contributed by atoms with E-state index in [2.05, 4.69) is 15.0 Å². The molecule has 5 rings (SSSR count). The zero-order chi connectivity index (χ0) is 25.3. The zero-order valence-electron chi connectivity index (χ0n) is 18.9. The molecule has 36 heavy (non-hydrogen) atoms. The van der Waals surface area contributed by atoms with Crippen molar-refractivity contribution in [2.45, 2.75) is 25.4 Å². The predicted molar refractivity (Wildman–Crippen MR) is 127 cm³/mol. The molecule has 1 aliphatic carbocycles. The Morgan fingerprint density at radius 2 is 1.78 bits per heavy atom. The van der Waals surface area contributed by atoms with Crippen LogP contribution in [-0.2, 0) is 25.4 Å². The van der Waals surface area contributed by atoms with E-state index in [9.17, 15) is 22.4 Å². The summed E-state index contributed by atoms with van der Waals surface area (Å²) in [6, 6.07) is 12.2. The van der Waals surface area contributed by atoms with Gasteiger partial charge in [-0.25, -0.2) is 14.4 Å². The van der Waals surface area contributed by atoms with Crippen LogP contribution in [0.5, 0.6) is 0 Å². The van der Waals surface area contributed by atoms with Crippen LogP contribution in [0.15, 0.2) is 73.2 Å². The number of benzene rings is 2. The SMILES string of the molecule is O=C(Cc1cc(F)cc(Cc2ncccc2-c2ncnc3c2C=CC3)c1)c1cccc(C(F)(F)F)c1. The smallest absolute Gasteiger partial charge is 0.294 e. The highest BCUT2D eigenvalue weighted by molar-refractivity contribution is 5.97. The lowest BCUT2D eigenvalue weighted by atomic mass is 9.96. The molecule has 0 radical (unpaired) electrons. The molecule has 0 saturated heterocycles. The van der Waals surface area contributed by atoms with Crippen LogP contribution in [0.25, 0.3) is 17.3 Å². The lowest BCUT2D eigenvalue weighted by molar-refractivity contribution is -0.137. The number of hydrogen-bond acceptors (Lipinski definition) is 4. The van der Waals surface area contributed by atoms with Gasteiger partial charge in [-0.2, -0.15) is 13.2 Å². The van der Waals surface area contributed by atoms with E-state index >= 15 is 0 Å². The van der Waals surface area contributed by atoms with E-state index in [1.165, 1.54) is 30.6 Å². The third kappa shape index (κ3) is 4.93. The summed E-state index contributed by atoms with van der Waals surface area (Å²) in [6.07, 6.45) is 3.37. The van der Waals surface area contributed by atoms with Crippen molar-refractivity contribution in [3.05, 3.63) is 118 Å². The number of hydrogen-bond donors (Lipinski definition) is 0. The Balaban J connectivity index is 1.42. The van der Waals surface area contributed by atoms with E-state index in [1.807, 2.05) is 18.2 Å². The molecule has 180 valence electrons. The Morgan fingerprint density at radius 1 is 0.944 bits per heavy atom. The molecule has 0 fully saturated rings. The summed E-state index contributed by atoms with van der Waals surface area (Å²) < 4.78 is 53.6. The zero-order valence-corrected chi connectivity index (χ0v) is 18.9. The molecule has 8 heteroatoms. The Hall–Kier alpha value is -4.20. The molecule has 2 heterocycles. The van der Waals surface area contributed by atoms with Crippen molar-refractivity contribution in [1.82, 2.24) is 15.0 Å². The van der Waals surface area contributed by atoms with Gasteiger partial charge < -0.3 is 0 Å². The number of allylic oxidation sites excluding steroid dienone is 1. The minimum atomic E-state index is -4.55. The van der Waals surface area contributed by atoms with Crippen LogP contribution in [0.2, 0.25) is 0 Å². The Bertz CT molecular complexity index is 1490. The van der Waals surface area contributed by atoms with Crippen LogP contribution in [0.1, 0.15) is 44.0 Å². The molecule has 0 aliphatic heterocycles. The van der Waals surface area contributed by atoms with Crippen molar-refractivity contribution >= 4 is 11.9 Å². The van der Waals surface area contributed by atoms with Crippen LogP contribution in [-0.4, -0.2) is 20.7 Å². The number of carbonyl (C=O) groups excluding carboxylic acids is 1. The van der Waals surface area contributed by atoms with Gasteiger partial charge in [0.25, 0.3) is 0 Å². The van der Waals surface area contributed by atoms with E-state index in [0.29, 0.717) is 16.8 Å². The first-order valence-corrected chi connectivity index (χ1v) is 11.2. The summed E-state index contributed by atoms with van der Waals surface area (Å²) in [6.45, 7) is 0. The van der Waals surface area contributed by atoms with Crippen LogP contribution in [0.3, 0.4) is 0 Å². The summed E-state index contributed by atoms with van der Waals surface area (Å²) in [5, 5.41) is 0. The predicted octanol–water partition coefficient (Wildman–Crippen LogP) is 6.28. The van der Waals surface area contributed by atoms with Gasteiger partial charge in [0.1, 0.15) is 12.1 Å². The van der Waals surface area contributed by atoms with Gasteiger partial charge in [-0.15, -0.1) is 0 Å². The summed E-state index contributed by atoms with van der Waals surface area (Å²) in [5.74, 6) is -1.07. The van der Waals surface area contributed by atoms with Crippen LogP contribution in [0, 0.1) is 5.82 Å². The van der Waals surface area contributed by atoms with Gasteiger partial charge in [-0.05, 0) is 47.5 Å². The van der Waals surface area contributed by atoms with Crippen molar-refractivity contribution in [3.8, 4) is 11.3 Å². The van der Waals surface area contributed by atoms with Crippen LogP contribution in [0.4, 0.5) is 17.6 Å². The number of aromatic nitrogens is 3. The lowest BCUT2D eigenvalue weighted by Gasteiger charge is -2.12. The van der Waals surface area contributed by atoms with Crippen molar-refractivity contribution in [2.75, 3.05) is 0 Å². The second-order valence-electron chi connectivity index (χ2n) is 8.51. The lowest BCUT2D eigenvalue weighted by Crippen LogP contribution is -2.09. The second-order valence-corrected chi connectivity index (χ2v) is 8.51. The average Bonchev–Trinajstić information content (AvgIpc) is 3.33. The number of fused-ring (bicyclic) bond motifs is 1. The summed E-state index contributed by atoms with van der Waals surface area (Å²) in [5.41, 5.74) is 4.06. The highest BCUT2D eigenvalue weighted by Crippen LogP contribution is 2.31. The van der Waals surface area contributed by atoms with Gasteiger partial charge >= 0.3 is 6.18 Å². The van der Waals surface area contributed by atoms with E-state index < -0.39 is 23.3 Å². The Labute approximate surface area is 204 Å². The minimum absolute atomic E-state index is 0.0756. The number of ketones is 1. The summed E-state index contributed by atoms with van der Waals surface area (Å²) in [7, 11) is 0. The number of carbonyl (C=O) groups is 1. The highest BCUT2D eigenvalue weighted by Gasteiger charge is 2.31. The molecule has 4 nitrogen and oxygen atoms in total. The van der Waals surface area contributed by atoms with Crippen LogP contribution >= 0.6 is 0 Å². The van der Waals surface area contributed by atoms with E-state index in [4.69, 9.17) is 0 Å². The number of alkyl halides is 3. The van der Waals surface area contributed by atoms with Gasteiger partial charge in [0.2, 0.25) is 0 Å². The maximum atomic E-state index is 14.5. The van der Waals surface area contributed by atoms with Crippen molar-refractivity contribution in [1.29, 1.82) is 0 Å². The van der Waals surface area contributed by atoms with Gasteiger partial charge in [0, 0.05) is 42.1 Å². The third-order valence-corrected chi connectivity index (χ3v) is 5.97. The molecule has 2 aromatic carbocycles. The van der Waals surface area contributed by atoms with Crippen molar-refractivity contribution < 1.29 is 22.4 Å². The molecule has 0 amide bonds. The van der Waals surface area contributed by atoms with Crippen molar-refractivity contribution in [3.63, 3.8) is 0 Å². The molecule has 0 unspecified atom stereocenters. The first-order chi connectivity index (χ1) is 17.3.